The number of rotatable bonds is 12. The van der Waals surface area contributed by atoms with Crippen molar-refractivity contribution in [3.05, 3.63) is 0 Å². The van der Waals surface area contributed by atoms with E-state index in [1.807, 2.05) is 0 Å². The second-order valence-corrected chi connectivity index (χ2v) is 5.87. The zero-order valence-corrected chi connectivity index (χ0v) is 13.9. The fourth-order valence-electron chi connectivity index (χ4n) is 2.49. The molecular formula is C16H34N2O3. The SMILES string of the molecule is CCCCOCCOCCOCCN1CC(N)CCC1C. The third-order valence-electron chi connectivity index (χ3n) is 3.96. The fourth-order valence-corrected chi connectivity index (χ4v) is 2.49. The summed E-state index contributed by atoms with van der Waals surface area (Å²) in [6.45, 7) is 10.6. The summed E-state index contributed by atoms with van der Waals surface area (Å²) in [4.78, 5) is 2.43. The number of hydrogen-bond donors (Lipinski definition) is 1. The van der Waals surface area contributed by atoms with Gasteiger partial charge in [0.2, 0.25) is 0 Å². The van der Waals surface area contributed by atoms with Crippen molar-refractivity contribution in [2.75, 3.05) is 52.7 Å². The molecule has 0 amide bonds. The van der Waals surface area contributed by atoms with Crippen molar-refractivity contribution >= 4 is 0 Å². The van der Waals surface area contributed by atoms with E-state index in [9.17, 15) is 0 Å². The van der Waals surface area contributed by atoms with Crippen molar-refractivity contribution in [2.24, 2.45) is 5.73 Å². The highest BCUT2D eigenvalue weighted by Gasteiger charge is 2.22. The Balaban J connectivity index is 1.84. The molecule has 2 unspecified atom stereocenters. The Bertz CT molecular complexity index is 242. The largest absolute Gasteiger partial charge is 0.379 e. The van der Waals surface area contributed by atoms with Crippen molar-refractivity contribution in [2.45, 2.75) is 51.6 Å². The van der Waals surface area contributed by atoms with Crippen LogP contribution in [-0.4, -0.2) is 69.7 Å². The standard InChI is InChI=1S/C16H34N2O3/c1-3-4-8-19-10-12-21-13-11-20-9-7-18-14-16(17)6-5-15(18)2/h15-16H,3-14,17H2,1-2H3. The average Bonchev–Trinajstić information content (AvgIpc) is 2.48. The highest BCUT2D eigenvalue weighted by Crippen LogP contribution is 2.15. The van der Waals surface area contributed by atoms with Gasteiger partial charge in [-0.25, -0.2) is 0 Å². The van der Waals surface area contributed by atoms with Crippen LogP contribution in [0.5, 0.6) is 0 Å². The average molecular weight is 302 g/mol. The van der Waals surface area contributed by atoms with Crippen LogP contribution in [0.2, 0.25) is 0 Å². The summed E-state index contributed by atoms with van der Waals surface area (Å²) in [5.74, 6) is 0. The van der Waals surface area contributed by atoms with Gasteiger partial charge in [0.05, 0.1) is 33.0 Å². The minimum atomic E-state index is 0.331. The lowest BCUT2D eigenvalue weighted by atomic mass is 10.0. The van der Waals surface area contributed by atoms with Gasteiger partial charge in [-0.2, -0.15) is 0 Å². The predicted molar refractivity (Wildman–Crippen MR) is 85.6 cm³/mol. The van der Waals surface area contributed by atoms with E-state index < -0.39 is 0 Å². The van der Waals surface area contributed by atoms with E-state index in [1.54, 1.807) is 0 Å². The van der Waals surface area contributed by atoms with Crippen LogP contribution >= 0.6 is 0 Å². The molecule has 0 spiro atoms. The molecule has 1 heterocycles. The monoisotopic (exact) mass is 302 g/mol. The Labute approximate surface area is 130 Å². The van der Waals surface area contributed by atoms with Crippen LogP contribution in [0.3, 0.4) is 0 Å². The molecule has 21 heavy (non-hydrogen) atoms. The molecule has 2 N–H and O–H groups in total. The van der Waals surface area contributed by atoms with E-state index in [0.29, 0.717) is 38.5 Å². The number of hydrogen-bond acceptors (Lipinski definition) is 5. The van der Waals surface area contributed by atoms with Gasteiger partial charge in [-0.1, -0.05) is 13.3 Å². The molecule has 0 saturated carbocycles. The first-order valence-corrected chi connectivity index (χ1v) is 8.47. The van der Waals surface area contributed by atoms with Gasteiger partial charge in [-0.05, 0) is 26.2 Å². The highest BCUT2D eigenvalue weighted by atomic mass is 16.5. The van der Waals surface area contributed by atoms with Crippen molar-refractivity contribution in [1.29, 1.82) is 0 Å². The van der Waals surface area contributed by atoms with E-state index in [4.69, 9.17) is 19.9 Å². The van der Waals surface area contributed by atoms with Gasteiger partial charge in [-0.15, -0.1) is 0 Å². The van der Waals surface area contributed by atoms with Crippen molar-refractivity contribution < 1.29 is 14.2 Å². The topological polar surface area (TPSA) is 57.0 Å². The molecule has 0 aromatic carbocycles. The Hall–Kier alpha value is -0.200. The third kappa shape index (κ3) is 9.42. The van der Waals surface area contributed by atoms with E-state index in [2.05, 4.69) is 18.7 Å². The van der Waals surface area contributed by atoms with Crippen LogP contribution < -0.4 is 5.73 Å². The van der Waals surface area contributed by atoms with Crippen LogP contribution in [0.4, 0.5) is 0 Å². The van der Waals surface area contributed by atoms with Crippen molar-refractivity contribution in [1.82, 2.24) is 4.90 Å². The number of unbranched alkanes of at least 4 members (excludes halogenated alkanes) is 1. The summed E-state index contributed by atoms with van der Waals surface area (Å²) in [7, 11) is 0. The minimum absolute atomic E-state index is 0.331. The molecule has 1 rings (SSSR count). The van der Waals surface area contributed by atoms with E-state index >= 15 is 0 Å². The summed E-state index contributed by atoms with van der Waals surface area (Å²) in [6.07, 6.45) is 4.64. The summed E-state index contributed by atoms with van der Waals surface area (Å²) >= 11 is 0. The third-order valence-corrected chi connectivity index (χ3v) is 3.96. The van der Waals surface area contributed by atoms with Gasteiger partial charge in [0.15, 0.2) is 0 Å². The lowest BCUT2D eigenvalue weighted by Crippen LogP contribution is -2.48. The maximum atomic E-state index is 6.00. The zero-order chi connectivity index (χ0) is 15.3. The molecule has 1 fully saturated rings. The molecule has 2 atom stereocenters. The second-order valence-electron chi connectivity index (χ2n) is 5.87. The number of likely N-dealkylation sites (tertiary alicyclic amines) is 1. The summed E-state index contributed by atoms with van der Waals surface area (Å²) in [5.41, 5.74) is 6.00. The van der Waals surface area contributed by atoms with E-state index in [0.717, 1.165) is 39.1 Å². The lowest BCUT2D eigenvalue weighted by molar-refractivity contribution is 0.00604. The Morgan fingerprint density at radius 2 is 1.57 bits per heavy atom. The Morgan fingerprint density at radius 1 is 0.952 bits per heavy atom. The smallest absolute Gasteiger partial charge is 0.0701 e. The van der Waals surface area contributed by atoms with Crippen molar-refractivity contribution in [3.8, 4) is 0 Å². The molecule has 0 bridgehead atoms. The summed E-state index contributed by atoms with van der Waals surface area (Å²) in [5, 5.41) is 0. The van der Waals surface area contributed by atoms with Crippen LogP contribution in [0, 0.1) is 0 Å². The zero-order valence-electron chi connectivity index (χ0n) is 13.9. The highest BCUT2D eigenvalue weighted by molar-refractivity contribution is 4.80. The van der Waals surface area contributed by atoms with Gasteiger partial charge in [0, 0.05) is 31.8 Å². The maximum Gasteiger partial charge on any atom is 0.0701 e. The summed E-state index contributed by atoms with van der Waals surface area (Å²) in [6, 6.07) is 0.960. The molecule has 0 aliphatic carbocycles. The molecule has 5 nitrogen and oxygen atoms in total. The molecule has 0 radical (unpaired) electrons. The first-order valence-electron chi connectivity index (χ1n) is 8.47. The first kappa shape index (κ1) is 18.8. The van der Waals surface area contributed by atoms with Gasteiger partial charge in [0.1, 0.15) is 0 Å². The molecule has 126 valence electrons. The second kappa shape index (κ2) is 12.4. The van der Waals surface area contributed by atoms with Gasteiger partial charge in [0.25, 0.3) is 0 Å². The summed E-state index contributed by atoms with van der Waals surface area (Å²) < 4.78 is 16.5. The number of ether oxygens (including phenoxy) is 3. The molecular weight excluding hydrogens is 268 g/mol. The quantitative estimate of drug-likeness (QED) is 0.556. The predicted octanol–water partition coefficient (Wildman–Crippen LogP) is 1.65. The molecule has 0 aromatic rings. The normalized spacial score (nSPS) is 23.6. The molecule has 1 aliphatic rings. The van der Waals surface area contributed by atoms with Crippen molar-refractivity contribution in [3.63, 3.8) is 0 Å². The van der Waals surface area contributed by atoms with Crippen LogP contribution in [0.1, 0.15) is 39.5 Å². The van der Waals surface area contributed by atoms with E-state index in [-0.39, 0.29) is 0 Å². The fraction of sp³-hybridized carbons (Fsp3) is 1.00. The van der Waals surface area contributed by atoms with Crippen LogP contribution in [-0.2, 0) is 14.2 Å². The van der Waals surface area contributed by atoms with Crippen LogP contribution in [0.15, 0.2) is 0 Å². The van der Waals surface area contributed by atoms with Gasteiger partial charge in [-0.3, -0.25) is 4.90 Å². The molecule has 5 heteroatoms. The number of nitrogens with two attached hydrogens (primary N) is 1. The molecule has 0 aromatic heterocycles. The van der Waals surface area contributed by atoms with Crippen LogP contribution in [0.25, 0.3) is 0 Å². The number of piperidine rings is 1. The van der Waals surface area contributed by atoms with Gasteiger partial charge < -0.3 is 19.9 Å². The first-order chi connectivity index (χ1) is 10.2. The molecule has 1 aliphatic heterocycles. The van der Waals surface area contributed by atoms with E-state index in [1.165, 1.54) is 12.8 Å². The molecule has 1 saturated heterocycles. The Kier molecular flexibility index (Phi) is 11.1. The maximum absolute atomic E-state index is 6.00. The lowest BCUT2D eigenvalue weighted by Gasteiger charge is -2.36. The van der Waals surface area contributed by atoms with Gasteiger partial charge >= 0.3 is 0 Å². The minimum Gasteiger partial charge on any atom is -0.379 e. The number of nitrogens with zero attached hydrogens (tertiary/aromatic N) is 1. The Morgan fingerprint density at radius 3 is 2.24 bits per heavy atom.